The van der Waals surface area contributed by atoms with Gasteiger partial charge in [-0.3, -0.25) is 0 Å². The van der Waals surface area contributed by atoms with Crippen molar-refractivity contribution in [1.82, 2.24) is 4.57 Å². The van der Waals surface area contributed by atoms with Crippen LogP contribution in [0.15, 0.2) is 22.7 Å². The van der Waals surface area contributed by atoms with Gasteiger partial charge in [0.05, 0.1) is 12.2 Å². The Bertz CT molecular complexity index is 587. The highest BCUT2D eigenvalue weighted by Crippen LogP contribution is 2.28. The molecule has 0 bridgehead atoms. The summed E-state index contributed by atoms with van der Waals surface area (Å²) in [4.78, 5) is 12.0. The first-order valence-corrected chi connectivity index (χ1v) is 6.27. The van der Waals surface area contributed by atoms with E-state index in [0.717, 1.165) is 21.1 Å². The van der Waals surface area contributed by atoms with E-state index in [-0.39, 0.29) is 5.97 Å². The molecular weight excluding hydrogens is 282 g/mol. The van der Waals surface area contributed by atoms with E-state index >= 15 is 0 Å². The van der Waals surface area contributed by atoms with Gasteiger partial charge in [-0.25, -0.2) is 4.79 Å². The van der Waals surface area contributed by atoms with Gasteiger partial charge >= 0.3 is 5.97 Å². The van der Waals surface area contributed by atoms with E-state index < -0.39 is 0 Å². The van der Waals surface area contributed by atoms with Crippen molar-refractivity contribution in [2.24, 2.45) is 7.05 Å². The summed E-state index contributed by atoms with van der Waals surface area (Å²) < 4.78 is 8.07. The molecule has 17 heavy (non-hydrogen) atoms. The molecule has 0 atom stereocenters. The zero-order chi connectivity index (χ0) is 12.6. The summed E-state index contributed by atoms with van der Waals surface area (Å²) in [6, 6.07) is 5.92. The molecule has 0 N–H and O–H groups in total. The lowest BCUT2D eigenvalue weighted by atomic mass is 10.1. The maximum Gasteiger partial charge on any atom is 0.340 e. The fourth-order valence-corrected chi connectivity index (χ4v) is 2.37. The van der Waals surface area contributed by atoms with Gasteiger partial charge in [0, 0.05) is 28.1 Å². The van der Waals surface area contributed by atoms with E-state index in [1.807, 2.05) is 43.7 Å². The number of halogens is 1. The largest absolute Gasteiger partial charge is 0.462 e. The van der Waals surface area contributed by atoms with Crippen molar-refractivity contribution in [3.05, 3.63) is 33.9 Å². The van der Waals surface area contributed by atoms with Gasteiger partial charge in [0.2, 0.25) is 0 Å². The maximum atomic E-state index is 12.0. The Morgan fingerprint density at radius 2 is 2.18 bits per heavy atom. The Kier molecular flexibility index (Phi) is 3.24. The lowest BCUT2D eigenvalue weighted by Crippen LogP contribution is -2.06. The first kappa shape index (κ1) is 12.2. The number of carbonyl (C=O) groups is 1. The molecule has 0 unspecified atom stereocenters. The van der Waals surface area contributed by atoms with Crippen LogP contribution in [0.3, 0.4) is 0 Å². The molecule has 1 aromatic carbocycles. The third-order valence-electron chi connectivity index (χ3n) is 2.93. The van der Waals surface area contributed by atoms with Crippen LogP contribution in [0.5, 0.6) is 0 Å². The van der Waals surface area contributed by atoms with E-state index in [9.17, 15) is 4.79 Å². The van der Waals surface area contributed by atoms with Crippen molar-refractivity contribution < 1.29 is 9.53 Å². The van der Waals surface area contributed by atoms with Gasteiger partial charge in [-0.05, 0) is 32.0 Å². The number of hydrogen-bond donors (Lipinski definition) is 0. The van der Waals surface area contributed by atoms with Crippen molar-refractivity contribution in [1.29, 1.82) is 0 Å². The van der Waals surface area contributed by atoms with Gasteiger partial charge in [-0.1, -0.05) is 15.9 Å². The number of aromatic nitrogens is 1. The zero-order valence-electron chi connectivity index (χ0n) is 10.1. The Hall–Kier alpha value is -1.29. The van der Waals surface area contributed by atoms with Crippen molar-refractivity contribution >= 4 is 32.8 Å². The predicted molar refractivity (Wildman–Crippen MR) is 71.3 cm³/mol. The molecule has 3 nitrogen and oxygen atoms in total. The zero-order valence-corrected chi connectivity index (χ0v) is 11.7. The van der Waals surface area contributed by atoms with E-state index in [2.05, 4.69) is 15.9 Å². The van der Waals surface area contributed by atoms with E-state index in [1.165, 1.54) is 0 Å². The van der Waals surface area contributed by atoms with Crippen LogP contribution in [-0.2, 0) is 11.8 Å². The molecule has 0 spiro atoms. The highest BCUT2D eigenvalue weighted by Gasteiger charge is 2.19. The van der Waals surface area contributed by atoms with Gasteiger partial charge in [0.1, 0.15) is 0 Å². The summed E-state index contributed by atoms with van der Waals surface area (Å²) in [5.74, 6) is -0.256. The van der Waals surface area contributed by atoms with Crippen LogP contribution in [0.25, 0.3) is 10.9 Å². The quantitative estimate of drug-likeness (QED) is 0.795. The molecule has 1 heterocycles. The first-order chi connectivity index (χ1) is 8.06. The average molecular weight is 296 g/mol. The van der Waals surface area contributed by atoms with Crippen LogP contribution < -0.4 is 0 Å². The Labute approximate surface area is 108 Å². The summed E-state index contributed by atoms with van der Waals surface area (Å²) >= 11 is 3.43. The number of fused-ring (bicyclic) bond motifs is 1. The fourth-order valence-electron chi connectivity index (χ4n) is 2.01. The average Bonchev–Trinajstić information content (AvgIpc) is 2.51. The smallest absolute Gasteiger partial charge is 0.340 e. The molecule has 0 saturated heterocycles. The summed E-state index contributed by atoms with van der Waals surface area (Å²) in [7, 11) is 1.95. The highest BCUT2D eigenvalue weighted by atomic mass is 79.9. The van der Waals surface area contributed by atoms with Gasteiger partial charge in [0.25, 0.3) is 0 Å². The molecule has 2 aromatic rings. The van der Waals surface area contributed by atoms with Crippen LogP contribution in [-0.4, -0.2) is 17.1 Å². The predicted octanol–water partition coefficient (Wildman–Crippen LogP) is 3.43. The van der Waals surface area contributed by atoms with Crippen LogP contribution in [0.2, 0.25) is 0 Å². The van der Waals surface area contributed by atoms with Crippen molar-refractivity contribution in [2.75, 3.05) is 6.61 Å². The molecular formula is C13H14BrNO2. The van der Waals surface area contributed by atoms with E-state index in [1.54, 1.807) is 0 Å². The highest BCUT2D eigenvalue weighted by molar-refractivity contribution is 9.10. The minimum absolute atomic E-state index is 0.256. The van der Waals surface area contributed by atoms with Crippen LogP contribution in [0.1, 0.15) is 23.0 Å². The van der Waals surface area contributed by atoms with Crippen molar-refractivity contribution in [3.8, 4) is 0 Å². The van der Waals surface area contributed by atoms with Gasteiger partial charge in [-0.15, -0.1) is 0 Å². The van der Waals surface area contributed by atoms with Gasteiger partial charge in [-0.2, -0.15) is 0 Å². The topological polar surface area (TPSA) is 31.2 Å². The molecule has 90 valence electrons. The van der Waals surface area contributed by atoms with Crippen LogP contribution in [0, 0.1) is 6.92 Å². The summed E-state index contributed by atoms with van der Waals surface area (Å²) in [6.45, 7) is 4.14. The standard InChI is InChI=1S/C13H14BrNO2/c1-4-17-13(16)12-8(2)15(3)11-6-5-9(14)7-10(11)12/h5-7H,4H2,1-3H3. The van der Waals surface area contributed by atoms with Crippen LogP contribution >= 0.6 is 15.9 Å². The van der Waals surface area contributed by atoms with Crippen molar-refractivity contribution in [2.45, 2.75) is 13.8 Å². The lowest BCUT2D eigenvalue weighted by Gasteiger charge is -2.02. The maximum absolute atomic E-state index is 12.0. The summed E-state index contributed by atoms with van der Waals surface area (Å²) in [5.41, 5.74) is 2.62. The molecule has 0 saturated carbocycles. The molecule has 0 aliphatic rings. The molecule has 0 aliphatic carbocycles. The Morgan fingerprint density at radius 3 is 2.82 bits per heavy atom. The lowest BCUT2D eigenvalue weighted by molar-refractivity contribution is 0.0527. The summed E-state index contributed by atoms with van der Waals surface area (Å²) in [5, 5.41) is 0.929. The summed E-state index contributed by atoms with van der Waals surface area (Å²) in [6.07, 6.45) is 0. The van der Waals surface area contributed by atoms with Crippen molar-refractivity contribution in [3.63, 3.8) is 0 Å². The number of nitrogens with zero attached hydrogens (tertiary/aromatic N) is 1. The minimum Gasteiger partial charge on any atom is -0.462 e. The number of aryl methyl sites for hydroxylation is 1. The van der Waals surface area contributed by atoms with Gasteiger partial charge in [0.15, 0.2) is 0 Å². The number of rotatable bonds is 2. The molecule has 1 aromatic heterocycles. The van der Waals surface area contributed by atoms with E-state index in [4.69, 9.17) is 4.74 Å². The van der Waals surface area contributed by atoms with Gasteiger partial charge < -0.3 is 9.30 Å². The third kappa shape index (κ3) is 1.97. The molecule has 0 fully saturated rings. The Balaban J connectivity index is 2.72. The normalized spacial score (nSPS) is 10.8. The SMILES string of the molecule is CCOC(=O)c1c(C)n(C)c2ccc(Br)cc12. The minimum atomic E-state index is -0.256. The first-order valence-electron chi connectivity index (χ1n) is 5.48. The number of hydrogen-bond acceptors (Lipinski definition) is 2. The molecule has 0 radical (unpaired) electrons. The third-order valence-corrected chi connectivity index (χ3v) is 3.43. The molecule has 4 heteroatoms. The number of ether oxygens (including phenoxy) is 1. The second kappa shape index (κ2) is 4.53. The van der Waals surface area contributed by atoms with Crippen LogP contribution in [0.4, 0.5) is 0 Å². The molecule has 0 aliphatic heterocycles. The monoisotopic (exact) mass is 295 g/mol. The second-order valence-corrected chi connectivity index (χ2v) is 4.82. The molecule has 2 rings (SSSR count). The van der Waals surface area contributed by atoms with E-state index in [0.29, 0.717) is 12.2 Å². The second-order valence-electron chi connectivity index (χ2n) is 3.90. The fraction of sp³-hybridized carbons (Fsp3) is 0.308. The molecule has 0 amide bonds. The number of esters is 1. The number of benzene rings is 1. The number of carbonyl (C=O) groups excluding carboxylic acids is 1. The Morgan fingerprint density at radius 1 is 1.47 bits per heavy atom.